The van der Waals surface area contributed by atoms with Gasteiger partial charge in [0.1, 0.15) is 0 Å². The van der Waals surface area contributed by atoms with Crippen LogP contribution in [0.3, 0.4) is 0 Å². The molecule has 0 atom stereocenters. The molecule has 0 unspecified atom stereocenters. The van der Waals surface area contributed by atoms with Crippen LogP contribution in [0.1, 0.15) is 22.8 Å². The van der Waals surface area contributed by atoms with E-state index < -0.39 is 0 Å². The van der Waals surface area contributed by atoms with Crippen molar-refractivity contribution in [1.82, 2.24) is 4.90 Å². The number of rotatable bonds is 7. The average Bonchev–Trinajstić information content (AvgIpc) is 2.63. The van der Waals surface area contributed by atoms with E-state index in [0.717, 1.165) is 11.3 Å². The summed E-state index contributed by atoms with van der Waals surface area (Å²) < 4.78 is 11.7. The molecule has 0 bridgehead atoms. The molecule has 1 amide bonds. The highest BCUT2D eigenvalue weighted by Crippen LogP contribution is 2.37. The highest BCUT2D eigenvalue weighted by atomic mass is 79.9. The summed E-state index contributed by atoms with van der Waals surface area (Å²) in [4.78, 5) is 16.5. The molecule has 0 aliphatic heterocycles. The Morgan fingerprint density at radius 1 is 1.12 bits per heavy atom. The minimum Gasteiger partial charge on any atom is -0.493 e. The predicted octanol–water partition coefficient (Wildman–Crippen LogP) is 4.19. The smallest absolute Gasteiger partial charge is 0.254 e. The Balaban J connectivity index is 2.18. The summed E-state index contributed by atoms with van der Waals surface area (Å²) in [6.45, 7) is 2.95. The van der Waals surface area contributed by atoms with E-state index in [0.29, 0.717) is 34.7 Å². The summed E-state index contributed by atoms with van der Waals surface area (Å²) in [5, 5.41) is 0. The Hall–Kier alpha value is -2.21. The zero-order chi connectivity index (χ0) is 19.3. The van der Waals surface area contributed by atoms with Gasteiger partial charge in [0.05, 0.1) is 18.2 Å². The second-order valence-corrected chi connectivity index (χ2v) is 7.00. The zero-order valence-electron chi connectivity index (χ0n) is 15.9. The normalized spacial score (nSPS) is 10.4. The lowest BCUT2D eigenvalue weighted by Crippen LogP contribution is -2.26. The van der Waals surface area contributed by atoms with Gasteiger partial charge in [0.15, 0.2) is 11.5 Å². The van der Waals surface area contributed by atoms with E-state index in [-0.39, 0.29) is 5.91 Å². The molecule has 6 heteroatoms. The number of amides is 1. The van der Waals surface area contributed by atoms with Crippen LogP contribution in [0, 0.1) is 0 Å². The van der Waals surface area contributed by atoms with Gasteiger partial charge < -0.3 is 19.3 Å². The number of nitrogens with zero attached hydrogens (tertiary/aromatic N) is 2. The summed E-state index contributed by atoms with van der Waals surface area (Å²) in [6.07, 6.45) is 0. The molecule has 2 aromatic rings. The van der Waals surface area contributed by atoms with E-state index in [9.17, 15) is 4.79 Å². The minimum atomic E-state index is -0.0799. The van der Waals surface area contributed by atoms with Crippen molar-refractivity contribution in [3.8, 4) is 11.5 Å². The van der Waals surface area contributed by atoms with E-state index in [1.54, 1.807) is 31.2 Å². The number of carbonyl (C=O) groups excluding carboxylic acids is 1. The Morgan fingerprint density at radius 2 is 1.77 bits per heavy atom. The summed E-state index contributed by atoms with van der Waals surface area (Å²) in [6, 6.07) is 11.6. The molecular formula is C20H25BrN2O3. The maximum absolute atomic E-state index is 12.8. The lowest BCUT2D eigenvalue weighted by atomic mass is 10.1. The first kappa shape index (κ1) is 20.1. The third kappa shape index (κ3) is 4.69. The minimum absolute atomic E-state index is 0.0799. The Kier molecular flexibility index (Phi) is 6.91. The molecule has 0 fully saturated rings. The van der Waals surface area contributed by atoms with Gasteiger partial charge in [-0.1, -0.05) is 12.1 Å². The summed E-state index contributed by atoms with van der Waals surface area (Å²) in [5.74, 6) is 1.06. The highest BCUT2D eigenvalue weighted by molar-refractivity contribution is 9.10. The van der Waals surface area contributed by atoms with Gasteiger partial charge in [-0.05, 0) is 52.7 Å². The average molecular weight is 421 g/mol. The number of methoxy groups -OCH3 is 1. The van der Waals surface area contributed by atoms with Crippen molar-refractivity contribution in [1.29, 1.82) is 0 Å². The van der Waals surface area contributed by atoms with Crippen LogP contribution >= 0.6 is 15.9 Å². The number of hydrogen-bond donors (Lipinski definition) is 0. The topological polar surface area (TPSA) is 42.0 Å². The Bertz CT molecular complexity index is 760. The van der Waals surface area contributed by atoms with Gasteiger partial charge in [0.2, 0.25) is 0 Å². The van der Waals surface area contributed by atoms with Crippen LogP contribution in [-0.4, -0.2) is 45.7 Å². The molecule has 2 aromatic carbocycles. The van der Waals surface area contributed by atoms with E-state index in [1.807, 2.05) is 50.2 Å². The van der Waals surface area contributed by atoms with Gasteiger partial charge >= 0.3 is 0 Å². The van der Waals surface area contributed by atoms with Crippen molar-refractivity contribution in [3.63, 3.8) is 0 Å². The SMILES string of the molecule is CCOc1c(Br)cc(C(=O)N(C)Cc2ccc(N(C)C)cc2)cc1OC. The first-order chi connectivity index (χ1) is 12.4. The lowest BCUT2D eigenvalue weighted by Gasteiger charge is -2.20. The van der Waals surface area contributed by atoms with Crippen molar-refractivity contribution < 1.29 is 14.3 Å². The van der Waals surface area contributed by atoms with Crippen LogP contribution in [0.2, 0.25) is 0 Å². The molecule has 0 saturated carbocycles. The Morgan fingerprint density at radius 3 is 2.31 bits per heavy atom. The standard InChI is InChI=1S/C20H25BrN2O3/c1-6-26-19-17(21)11-15(12-18(19)25-5)20(24)23(4)13-14-7-9-16(10-8-14)22(2)3/h7-12H,6,13H2,1-5H3. The molecule has 0 aliphatic rings. The second kappa shape index (κ2) is 8.94. The molecule has 0 heterocycles. The van der Waals surface area contributed by atoms with E-state index >= 15 is 0 Å². The molecule has 0 N–H and O–H groups in total. The van der Waals surface area contributed by atoms with Gasteiger partial charge in [0.25, 0.3) is 5.91 Å². The first-order valence-corrected chi connectivity index (χ1v) is 9.18. The number of carbonyl (C=O) groups is 1. The van der Waals surface area contributed by atoms with Crippen molar-refractivity contribution in [2.24, 2.45) is 0 Å². The Labute approximate surface area is 163 Å². The summed E-state index contributed by atoms with van der Waals surface area (Å²) in [7, 11) is 7.36. The molecule has 26 heavy (non-hydrogen) atoms. The van der Waals surface area contributed by atoms with Crippen LogP contribution in [0.15, 0.2) is 40.9 Å². The lowest BCUT2D eigenvalue weighted by molar-refractivity contribution is 0.0784. The monoisotopic (exact) mass is 420 g/mol. The van der Waals surface area contributed by atoms with Crippen LogP contribution in [0.4, 0.5) is 5.69 Å². The van der Waals surface area contributed by atoms with E-state index in [2.05, 4.69) is 15.9 Å². The zero-order valence-corrected chi connectivity index (χ0v) is 17.5. The van der Waals surface area contributed by atoms with Crippen molar-refractivity contribution in [3.05, 3.63) is 52.0 Å². The quantitative estimate of drug-likeness (QED) is 0.672. The fourth-order valence-corrected chi connectivity index (χ4v) is 3.15. The fraction of sp³-hybridized carbons (Fsp3) is 0.350. The summed E-state index contributed by atoms with van der Waals surface area (Å²) >= 11 is 3.47. The van der Waals surface area contributed by atoms with Crippen molar-refractivity contribution >= 4 is 27.5 Å². The maximum Gasteiger partial charge on any atom is 0.254 e. The molecule has 5 nitrogen and oxygen atoms in total. The second-order valence-electron chi connectivity index (χ2n) is 6.14. The van der Waals surface area contributed by atoms with Gasteiger partial charge in [-0.2, -0.15) is 0 Å². The highest BCUT2D eigenvalue weighted by Gasteiger charge is 2.18. The first-order valence-electron chi connectivity index (χ1n) is 8.39. The number of ether oxygens (including phenoxy) is 2. The number of anilines is 1. The fourth-order valence-electron chi connectivity index (χ4n) is 2.59. The molecule has 0 radical (unpaired) electrons. The number of hydrogen-bond acceptors (Lipinski definition) is 4. The van der Waals surface area contributed by atoms with Crippen LogP contribution < -0.4 is 14.4 Å². The molecule has 0 spiro atoms. The summed E-state index contributed by atoms with van der Waals surface area (Å²) in [5.41, 5.74) is 2.75. The third-order valence-corrected chi connectivity index (χ3v) is 4.57. The number of benzene rings is 2. The number of halogens is 1. The largest absolute Gasteiger partial charge is 0.493 e. The van der Waals surface area contributed by atoms with E-state index in [1.165, 1.54) is 0 Å². The van der Waals surface area contributed by atoms with Crippen LogP contribution in [0.25, 0.3) is 0 Å². The van der Waals surface area contributed by atoms with Crippen LogP contribution in [0.5, 0.6) is 11.5 Å². The van der Waals surface area contributed by atoms with Gasteiger partial charge in [-0.3, -0.25) is 4.79 Å². The van der Waals surface area contributed by atoms with Crippen molar-refractivity contribution in [2.45, 2.75) is 13.5 Å². The maximum atomic E-state index is 12.8. The molecule has 2 rings (SSSR count). The molecular weight excluding hydrogens is 396 g/mol. The third-order valence-electron chi connectivity index (χ3n) is 3.98. The van der Waals surface area contributed by atoms with Crippen LogP contribution in [-0.2, 0) is 6.54 Å². The van der Waals surface area contributed by atoms with Crippen molar-refractivity contribution in [2.75, 3.05) is 39.8 Å². The molecule has 0 aromatic heterocycles. The molecule has 0 saturated heterocycles. The molecule has 0 aliphatic carbocycles. The predicted molar refractivity (Wildman–Crippen MR) is 108 cm³/mol. The molecule has 140 valence electrons. The van der Waals surface area contributed by atoms with Gasteiger partial charge in [-0.25, -0.2) is 0 Å². The van der Waals surface area contributed by atoms with Gasteiger partial charge in [0, 0.05) is 38.9 Å². The van der Waals surface area contributed by atoms with E-state index in [4.69, 9.17) is 9.47 Å². The van der Waals surface area contributed by atoms with Gasteiger partial charge in [-0.15, -0.1) is 0 Å².